The first-order valence-corrected chi connectivity index (χ1v) is 5.29. The van der Waals surface area contributed by atoms with Gasteiger partial charge >= 0.3 is 0 Å². The summed E-state index contributed by atoms with van der Waals surface area (Å²) in [6, 6.07) is 5.40. The van der Waals surface area contributed by atoms with E-state index in [1.54, 1.807) is 32.3 Å². The molecule has 0 aliphatic carbocycles. The molecule has 1 amide bonds. The van der Waals surface area contributed by atoms with Crippen LogP contribution in [0.25, 0.3) is 11.0 Å². The highest BCUT2D eigenvalue weighted by Crippen LogP contribution is 2.31. The van der Waals surface area contributed by atoms with Crippen molar-refractivity contribution in [3.05, 3.63) is 34.5 Å². The fourth-order valence-electron chi connectivity index (χ4n) is 1.66. The normalized spacial score (nSPS) is 10.8. The predicted octanol–water partition coefficient (Wildman–Crippen LogP) is 3.10. The van der Waals surface area contributed by atoms with Gasteiger partial charge in [0.25, 0.3) is 5.91 Å². The van der Waals surface area contributed by atoms with Crippen LogP contribution in [-0.2, 0) is 0 Å². The van der Waals surface area contributed by atoms with Gasteiger partial charge in [-0.05, 0) is 19.1 Å². The zero-order valence-electron chi connectivity index (χ0n) is 9.37. The Balaban J connectivity index is 2.70. The average Bonchev–Trinajstić information content (AvgIpc) is 2.56. The summed E-state index contributed by atoms with van der Waals surface area (Å²) in [4.78, 5) is 13.3. The third-order valence-electron chi connectivity index (χ3n) is 2.50. The van der Waals surface area contributed by atoms with Gasteiger partial charge in [0.05, 0.1) is 5.02 Å². The highest BCUT2D eigenvalue weighted by molar-refractivity contribution is 6.35. The molecule has 1 aromatic heterocycles. The summed E-state index contributed by atoms with van der Waals surface area (Å²) in [7, 11) is 3.38. The van der Waals surface area contributed by atoms with Crippen LogP contribution in [0.15, 0.2) is 22.6 Å². The van der Waals surface area contributed by atoms with Crippen LogP contribution in [0.4, 0.5) is 0 Å². The number of hydrogen-bond donors (Lipinski definition) is 0. The zero-order valence-corrected chi connectivity index (χ0v) is 10.1. The molecular formula is C12H12ClNO2. The molecule has 0 aliphatic heterocycles. The number of carbonyl (C=O) groups excluding carboxylic acids is 1. The summed E-state index contributed by atoms with van der Waals surface area (Å²) in [5, 5.41) is 1.42. The monoisotopic (exact) mass is 237 g/mol. The Morgan fingerprint density at radius 1 is 1.38 bits per heavy atom. The molecule has 84 valence electrons. The van der Waals surface area contributed by atoms with Gasteiger partial charge in [0.2, 0.25) is 0 Å². The van der Waals surface area contributed by atoms with E-state index in [2.05, 4.69) is 0 Å². The number of furan rings is 1. The molecule has 0 atom stereocenters. The Morgan fingerprint density at radius 3 is 2.62 bits per heavy atom. The van der Waals surface area contributed by atoms with Crippen LogP contribution < -0.4 is 0 Å². The molecule has 0 fully saturated rings. The smallest absolute Gasteiger partial charge is 0.289 e. The van der Waals surface area contributed by atoms with E-state index in [0.29, 0.717) is 16.4 Å². The van der Waals surface area contributed by atoms with E-state index in [-0.39, 0.29) is 5.91 Å². The van der Waals surface area contributed by atoms with E-state index in [9.17, 15) is 4.79 Å². The van der Waals surface area contributed by atoms with Crippen molar-refractivity contribution in [2.24, 2.45) is 0 Å². The molecule has 0 saturated carbocycles. The SMILES string of the molecule is Cc1c(C(=O)N(C)C)oc2cccc(Cl)c12. The molecule has 3 nitrogen and oxygen atoms in total. The summed E-state index contributed by atoms with van der Waals surface area (Å²) < 4.78 is 5.53. The fraction of sp³-hybridized carbons (Fsp3) is 0.250. The van der Waals surface area contributed by atoms with Gasteiger partial charge in [0, 0.05) is 25.0 Å². The van der Waals surface area contributed by atoms with Crippen LogP contribution in [0, 0.1) is 6.92 Å². The van der Waals surface area contributed by atoms with Crippen LogP contribution in [0.1, 0.15) is 16.1 Å². The number of benzene rings is 1. The van der Waals surface area contributed by atoms with Gasteiger partial charge in [-0.25, -0.2) is 0 Å². The molecule has 16 heavy (non-hydrogen) atoms. The minimum atomic E-state index is -0.148. The second-order valence-electron chi connectivity index (χ2n) is 3.87. The van der Waals surface area contributed by atoms with Crippen LogP contribution in [0.5, 0.6) is 0 Å². The zero-order chi connectivity index (χ0) is 11.9. The van der Waals surface area contributed by atoms with Gasteiger partial charge in [-0.2, -0.15) is 0 Å². The number of fused-ring (bicyclic) bond motifs is 1. The summed E-state index contributed by atoms with van der Waals surface area (Å²) in [5.74, 6) is 0.206. The Morgan fingerprint density at radius 2 is 2.06 bits per heavy atom. The molecule has 0 radical (unpaired) electrons. The molecule has 4 heteroatoms. The number of hydrogen-bond acceptors (Lipinski definition) is 2. The molecule has 1 heterocycles. The number of carbonyl (C=O) groups is 1. The fourth-order valence-corrected chi connectivity index (χ4v) is 1.97. The molecule has 0 aliphatic rings. The molecule has 2 rings (SSSR count). The van der Waals surface area contributed by atoms with Crippen molar-refractivity contribution in [2.75, 3.05) is 14.1 Å². The molecule has 2 aromatic rings. The van der Waals surface area contributed by atoms with Crippen molar-refractivity contribution in [3.8, 4) is 0 Å². The first kappa shape index (κ1) is 11.0. The minimum Gasteiger partial charge on any atom is -0.451 e. The van der Waals surface area contributed by atoms with Crippen molar-refractivity contribution < 1.29 is 9.21 Å². The van der Waals surface area contributed by atoms with Gasteiger partial charge in [0.1, 0.15) is 5.58 Å². The van der Waals surface area contributed by atoms with E-state index in [4.69, 9.17) is 16.0 Å². The Hall–Kier alpha value is -1.48. The topological polar surface area (TPSA) is 33.5 Å². The minimum absolute atomic E-state index is 0.148. The Kier molecular flexibility index (Phi) is 2.64. The van der Waals surface area contributed by atoms with Gasteiger partial charge in [-0.15, -0.1) is 0 Å². The maximum absolute atomic E-state index is 11.8. The van der Waals surface area contributed by atoms with Gasteiger partial charge in [-0.3, -0.25) is 4.79 Å². The second-order valence-corrected chi connectivity index (χ2v) is 4.28. The van der Waals surface area contributed by atoms with Crippen molar-refractivity contribution in [1.29, 1.82) is 0 Å². The van der Waals surface area contributed by atoms with Crippen molar-refractivity contribution in [2.45, 2.75) is 6.92 Å². The first-order valence-electron chi connectivity index (χ1n) is 4.91. The maximum atomic E-state index is 11.8. The quantitative estimate of drug-likeness (QED) is 0.764. The van der Waals surface area contributed by atoms with Crippen LogP contribution in [0.3, 0.4) is 0 Å². The maximum Gasteiger partial charge on any atom is 0.289 e. The van der Waals surface area contributed by atoms with Crippen molar-refractivity contribution >= 4 is 28.5 Å². The summed E-state index contributed by atoms with van der Waals surface area (Å²) in [6.45, 7) is 1.84. The molecule has 0 spiro atoms. The van der Waals surface area contributed by atoms with Crippen LogP contribution in [0.2, 0.25) is 5.02 Å². The molecule has 0 saturated heterocycles. The predicted molar refractivity (Wildman–Crippen MR) is 64.0 cm³/mol. The van der Waals surface area contributed by atoms with Gasteiger partial charge in [0.15, 0.2) is 5.76 Å². The number of amides is 1. The number of halogens is 1. The molecule has 1 aromatic carbocycles. The van der Waals surface area contributed by atoms with Crippen LogP contribution in [-0.4, -0.2) is 24.9 Å². The third-order valence-corrected chi connectivity index (χ3v) is 2.82. The lowest BCUT2D eigenvalue weighted by Crippen LogP contribution is -2.21. The lowest BCUT2D eigenvalue weighted by Gasteiger charge is -2.07. The third kappa shape index (κ3) is 1.57. The van der Waals surface area contributed by atoms with Gasteiger partial charge in [-0.1, -0.05) is 17.7 Å². The largest absolute Gasteiger partial charge is 0.451 e. The van der Waals surface area contributed by atoms with E-state index >= 15 is 0 Å². The summed E-state index contributed by atoms with van der Waals surface area (Å²) >= 11 is 6.08. The van der Waals surface area contributed by atoms with Crippen LogP contribution >= 0.6 is 11.6 Å². The summed E-state index contributed by atoms with van der Waals surface area (Å²) in [5.41, 5.74) is 1.44. The molecule has 0 unspecified atom stereocenters. The molecule has 0 bridgehead atoms. The standard InChI is InChI=1S/C12H12ClNO2/c1-7-10-8(13)5-4-6-9(10)16-11(7)12(15)14(2)3/h4-6H,1-3H3. The highest BCUT2D eigenvalue weighted by atomic mass is 35.5. The first-order chi connectivity index (χ1) is 7.52. The molecular weight excluding hydrogens is 226 g/mol. The number of nitrogens with zero attached hydrogens (tertiary/aromatic N) is 1. The lowest BCUT2D eigenvalue weighted by molar-refractivity contribution is 0.0798. The van der Waals surface area contributed by atoms with Crippen molar-refractivity contribution in [3.63, 3.8) is 0 Å². The second kappa shape index (κ2) is 3.83. The van der Waals surface area contributed by atoms with E-state index < -0.39 is 0 Å². The average molecular weight is 238 g/mol. The van der Waals surface area contributed by atoms with Gasteiger partial charge < -0.3 is 9.32 Å². The molecule has 0 N–H and O–H groups in total. The number of aryl methyl sites for hydroxylation is 1. The van der Waals surface area contributed by atoms with Crippen molar-refractivity contribution in [1.82, 2.24) is 4.90 Å². The van der Waals surface area contributed by atoms with E-state index in [1.165, 1.54) is 4.90 Å². The summed E-state index contributed by atoms with van der Waals surface area (Å²) in [6.07, 6.45) is 0. The Bertz CT molecular complexity index is 557. The lowest BCUT2D eigenvalue weighted by atomic mass is 10.1. The Labute approximate surface area is 98.6 Å². The number of rotatable bonds is 1. The van der Waals surface area contributed by atoms with E-state index in [0.717, 1.165) is 10.9 Å². The van der Waals surface area contributed by atoms with E-state index in [1.807, 2.05) is 6.92 Å². The highest BCUT2D eigenvalue weighted by Gasteiger charge is 2.20.